The number of methoxy groups -OCH3 is 2. The molecule has 5 nitrogen and oxygen atoms in total. The van der Waals surface area contributed by atoms with E-state index < -0.39 is 17.4 Å². The van der Waals surface area contributed by atoms with Gasteiger partial charge in [-0.15, -0.1) is 0 Å². The summed E-state index contributed by atoms with van der Waals surface area (Å²) in [6, 6.07) is 0. The van der Waals surface area contributed by atoms with Gasteiger partial charge in [0.15, 0.2) is 11.2 Å². The molecule has 0 aliphatic heterocycles. The number of hydrogen-bond donors (Lipinski definition) is 0. The highest BCUT2D eigenvalue weighted by atomic mass is 16.5. The Morgan fingerprint density at radius 1 is 1.19 bits per heavy atom. The topological polar surface area (TPSA) is 69.7 Å². The number of ketones is 1. The summed E-state index contributed by atoms with van der Waals surface area (Å²) >= 11 is 0. The van der Waals surface area contributed by atoms with E-state index in [1.165, 1.54) is 14.2 Å². The highest BCUT2D eigenvalue weighted by Crippen LogP contribution is 2.41. The third-order valence-corrected chi connectivity index (χ3v) is 2.81. The van der Waals surface area contributed by atoms with Gasteiger partial charge >= 0.3 is 11.9 Å². The van der Waals surface area contributed by atoms with E-state index in [1.807, 2.05) is 0 Å². The van der Waals surface area contributed by atoms with Crippen molar-refractivity contribution in [3.63, 3.8) is 0 Å². The van der Waals surface area contributed by atoms with Crippen LogP contribution in [-0.2, 0) is 23.9 Å². The molecular formula is C11H14O5. The third-order valence-electron chi connectivity index (χ3n) is 2.81. The van der Waals surface area contributed by atoms with Crippen LogP contribution in [0.2, 0.25) is 0 Å². The Morgan fingerprint density at radius 2 is 1.69 bits per heavy atom. The average Bonchev–Trinajstić information content (AvgIpc) is 2.65. The zero-order valence-corrected chi connectivity index (χ0v) is 9.53. The van der Waals surface area contributed by atoms with Crippen molar-refractivity contribution in [3.05, 3.63) is 11.6 Å². The van der Waals surface area contributed by atoms with Crippen molar-refractivity contribution in [2.24, 2.45) is 5.41 Å². The Hall–Kier alpha value is -1.65. The van der Waals surface area contributed by atoms with Gasteiger partial charge in [0.25, 0.3) is 0 Å². The summed E-state index contributed by atoms with van der Waals surface area (Å²) in [5.74, 6) is -1.65. The molecule has 0 aromatic heterocycles. The van der Waals surface area contributed by atoms with Gasteiger partial charge in [0, 0.05) is 12.8 Å². The molecule has 0 amide bonds. The van der Waals surface area contributed by atoms with Crippen LogP contribution in [0.4, 0.5) is 0 Å². The molecule has 0 saturated heterocycles. The number of hydrogen-bond acceptors (Lipinski definition) is 5. The maximum atomic E-state index is 11.6. The summed E-state index contributed by atoms with van der Waals surface area (Å²) < 4.78 is 9.16. The maximum Gasteiger partial charge on any atom is 0.324 e. The minimum Gasteiger partial charge on any atom is -0.468 e. The van der Waals surface area contributed by atoms with Crippen molar-refractivity contribution in [2.75, 3.05) is 14.2 Å². The molecule has 1 aliphatic carbocycles. The van der Waals surface area contributed by atoms with Gasteiger partial charge in [-0.25, -0.2) is 0 Å². The molecule has 88 valence electrons. The van der Waals surface area contributed by atoms with Crippen molar-refractivity contribution in [1.82, 2.24) is 0 Å². The Morgan fingerprint density at radius 3 is 2.00 bits per heavy atom. The lowest BCUT2D eigenvalue weighted by atomic mass is 9.86. The van der Waals surface area contributed by atoms with Gasteiger partial charge < -0.3 is 9.47 Å². The van der Waals surface area contributed by atoms with Crippen molar-refractivity contribution < 1.29 is 23.9 Å². The van der Waals surface area contributed by atoms with Crippen LogP contribution in [-0.4, -0.2) is 31.9 Å². The first kappa shape index (κ1) is 12.4. The van der Waals surface area contributed by atoms with Crippen molar-refractivity contribution >= 4 is 17.7 Å². The van der Waals surface area contributed by atoms with Crippen LogP contribution in [0.3, 0.4) is 0 Å². The number of allylic oxidation sites excluding steroid dienone is 2. The van der Waals surface area contributed by atoms with Gasteiger partial charge in [0.05, 0.1) is 14.2 Å². The first-order valence-electron chi connectivity index (χ1n) is 4.87. The van der Waals surface area contributed by atoms with Crippen LogP contribution in [0.1, 0.15) is 19.8 Å². The molecule has 0 N–H and O–H groups in total. The SMILES string of the molecule is C/C=C1/CC(C(=O)OC)(C(=O)OC)CC1=O. The standard InChI is InChI=1S/C11H14O5/c1-4-7-5-11(6-8(7)12,9(13)15-2)10(14)16-3/h4H,5-6H2,1-3H3/b7-4-. The van der Waals surface area contributed by atoms with Crippen molar-refractivity contribution in [1.29, 1.82) is 0 Å². The maximum absolute atomic E-state index is 11.6. The second kappa shape index (κ2) is 4.47. The monoisotopic (exact) mass is 226 g/mol. The van der Waals surface area contributed by atoms with Gasteiger partial charge in [-0.2, -0.15) is 0 Å². The zero-order valence-electron chi connectivity index (χ0n) is 9.53. The minimum atomic E-state index is -1.48. The molecule has 1 aliphatic rings. The molecule has 5 heteroatoms. The predicted molar refractivity (Wildman–Crippen MR) is 54.5 cm³/mol. The van der Waals surface area contributed by atoms with E-state index in [-0.39, 0.29) is 18.6 Å². The Balaban J connectivity index is 3.15. The van der Waals surface area contributed by atoms with Crippen LogP contribution in [0.25, 0.3) is 0 Å². The quantitative estimate of drug-likeness (QED) is 0.392. The zero-order chi connectivity index (χ0) is 12.3. The molecular weight excluding hydrogens is 212 g/mol. The van der Waals surface area contributed by atoms with Crippen molar-refractivity contribution in [2.45, 2.75) is 19.8 Å². The first-order valence-corrected chi connectivity index (χ1v) is 4.87. The van der Waals surface area contributed by atoms with E-state index in [4.69, 9.17) is 0 Å². The fraction of sp³-hybridized carbons (Fsp3) is 0.545. The molecule has 1 fully saturated rings. The first-order chi connectivity index (χ1) is 7.51. The normalized spacial score (nSPS) is 20.9. The smallest absolute Gasteiger partial charge is 0.324 e. The van der Waals surface area contributed by atoms with Gasteiger partial charge in [-0.3, -0.25) is 14.4 Å². The third kappa shape index (κ3) is 1.73. The minimum absolute atomic E-state index is 0.0572. The summed E-state index contributed by atoms with van der Waals surface area (Å²) in [7, 11) is 2.37. The Bertz CT molecular complexity index is 351. The molecule has 16 heavy (non-hydrogen) atoms. The number of Topliss-reactive ketones (excluding diaryl/α,β-unsaturated/α-hetero) is 1. The number of carbonyl (C=O) groups excluding carboxylic acids is 3. The number of ether oxygens (including phenoxy) is 2. The van der Waals surface area contributed by atoms with E-state index in [0.717, 1.165) is 0 Å². The van der Waals surface area contributed by atoms with E-state index in [0.29, 0.717) is 5.57 Å². The van der Waals surface area contributed by atoms with E-state index in [9.17, 15) is 14.4 Å². The summed E-state index contributed by atoms with van der Waals surface area (Å²) in [6.07, 6.45) is 1.49. The molecule has 0 aromatic carbocycles. The second-order valence-corrected chi connectivity index (χ2v) is 3.66. The van der Waals surface area contributed by atoms with Crippen LogP contribution < -0.4 is 0 Å². The molecule has 1 saturated carbocycles. The molecule has 0 aromatic rings. The highest BCUT2D eigenvalue weighted by Gasteiger charge is 2.55. The molecule has 1 rings (SSSR count). The molecule has 0 bridgehead atoms. The number of carbonyl (C=O) groups is 3. The molecule has 0 atom stereocenters. The van der Waals surface area contributed by atoms with Crippen LogP contribution >= 0.6 is 0 Å². The fourth-order valence-corrected chi connectivity index (χ4v) is 1.90. The summed E-state index contributed by atoms with van der Waals surface area (Å²) in [5, 5.41) is 0. The molecule has 0 spiro atoms. The molecule has 0 heterocycles. The molecule has 0 unspecified atom stereocenters. The number of esters is 2. The van der Waals surface area contributed by atoms with Crippen LogP contribution in [0.15, 0.2) is 11.6 Å². The summed E-state index contributed by atoms with van der Waals surface area (Å²) in [6.45, 7) is 1.69. The van der Waals surface area contributed by atoms with Crippen LogP contribution in [0.5, 0.6) is 0 Å². The van der Waals surface area contributed by atoms with Gasteiger partial charge in [0.2, 0.25) is 0 Å². The lowest BCUT2D eigenvalue weighted by molar-refractivity contribution is -0.169. The lowest BCUT2D eigenvalue weighted by Gasteiger charge is -2.21. The largest absolute Gasteiger partial charge is 0.468 e. The number of rotatable bonds is 2. The molecule has 0 radical (unpaired) electrons. The fourth-order valence-electron chi connectivity index (χ4n) is 1.90. The van der Waals surface area contributed by atoms with E-state index in [1.54, 1.807) is 13.0 Å². The van der Waals surface area contributed by atoms with Crippen molar-refractivity contribution in [3.8, 4) is 0 Å². The van der Waals surface area contributed by atoms with Gasteiger partial charge in [-0.05, 0) is 12.5 Å². The van der Waals surface area contributed by atoms with Gasteiger partial charge in [-0.1, -0.05) is 6.08 Å². The van der Waals surface area contributed by atoms with Gasteiger partial charge in [0.1, 0.15) is 0 Å². The summed E-state index contributed by atoms with van der Waals surface area (Å²) in [4.78, 5) is 34.9. The highest BCUT2D eigenvalue weighted by molar-refractivity contribution is 6.12. The summed E-state index contributed by atoms with van der Waals surface area (Å²) in [5.41, 5.74) is -1.02. The Labute approximate surface area is 93.4 Å². The lowest BCUT2D eigenvalue weighted by Crippen LogP contribution is -2.39. The van der Waals surface area contributed by atoms with E-state index in [2.05, 4.69) is 9.47 Å². The van der Waals surface area contributed by atoms with E-state index >= 15 is 0 Å². The Kier molecular flexibility index (Phi) is 3.47. The predicted octanol–water partition coefficient (Wildman–Crippen LogP) is 0.628. The van der Waals surface area contributed by atoms with Crippen LogP contribution in [0, 0.1) is 5.41 Å². The second-order valence-electron chi connectivity index (χ2n) is 3.66. The average molecular weight is 226 g/mol.